The second-order valence-corrected chi connectivity index (χ2v) is 9.86. The molecule has 3 N–H and O–H groups in total. The third-order valence-electron chi connectivity index (χ3n) is 6.16. The van der Waals surface area contributed by atoms with Gasteiger partial charge in [-0.05, 0) is 57.6 Å². The summed E-state index contributed by atoms with van der Waals surface area (Å²) in [6, 6.07) is 5.70. The second-order valence-electron chi connectivity index (χ2n) is 9.86. The van der Waals surface area contributed by atoms with Crippen LogP contribution in [0.5, 0.6) is 0 Å². The number of aromatic nitrogens is 1. The molecule has 1 saturated heterocycles. The Hall–Kier alpha value is -1.50. The van der Waals surface area contributed by atoms with Crippen LogP contribution in [0.2, 0.25) is 0 Å². The monoisotopic (exact) mass is 402 g/mol. The van der Waals surface area contributed by atoms with Crippen molar-refractivity contribution >= 4 is 5.91 Å². The number of piperidine rings is 1. The van der Waals surface area contributed by atoms with Crippen molar-refractivity contribution in [3.63, 3.8) is 0 Å². The lowest BCUT2D eigenvalue weighted by Crippen LogP contribution is -2.59. The number of nitrogens with zero attached hydrogens (tertiary/aromatic N) is 2. The van der Waals surface area contributed by atoms with E-state index in [0.29, 0.717) is 31.5 Å². The minimum atomic E-state index is -0.510. The number of hydrogen-bond acceptors (Lipinski definition) is 5. The van der Waals surface area contributed by atoms with Crippen LogP contribution in [0.25, 0.3) is 0 Å². The quantitative estimate of drug-likeness (QED) is 0.653. The van der Waals surface area contributed by atoms with E-state index in [1.165, 1.54) is 25.7 Å². The van der Waals surface area contributed by atoms with Crippen molar-refractivity contribution in [2.24, 2.45) is 11.8 Å². The highest BCUT2D eigenvalue weighted by molar-refractivity contribution is 5.82. The minimum absolute atomic E-state index is 0.107. The van der Waals surface area contributed by atoms with Gasteiger partial charge in [0.1, 0.15) is 0 Å². The Morgan fingerprint density at radius 1 is 1.28 bits per heavy atom. The number of pyridine rings is 1. The SMILES string of the molecule is CC(C)(C)NC(=O)[C@@H]1C[C@@H]2CCCC[C@@H]2CN1C[C@H](O)CNCc1ccccn1. The summed E-state index contributed by atoms with van der Waals surface area (Å²) in [6.45, 7) is 8.66. The summed E-state index contributed by atoms with van der Waals surface area (Å²) in [6.07, 6.45) is 7.26. The van der Waals surface area contributed by atoms with E-state index in [-0.39, 0.29) is 17.5 Å². The van der Waals surface area contributed by atoms with Gasteiger partial charge in [-0.25, -0.2) is 0 Å². The standard InChI is InChI=1S/C23H38N4O2/c1-23(2,3)26-22(29)21-12-17-8-4-5-9-18(17)15-27(21)16-20(28)14-24-13-19-10-6-7-11-25-19/h6-7,10-11,17-18,20-21,24,28H,4-5,8-9,12-16H2,1-3H3,(H,26,29)/t17-,18+,20+,21-/m0/s1. The molecule has 2 heterocycles. The number of carbonyl (C=O) groups is 1. The van der Waals surface area contributed by atoms with E-state index in [2.05, 4.69) is 20.5 Å². The van der Waals surface area contributed by atoms with Crippen LogP contribution in [0.3, 0.4) is 0 Å². The van der Waals surface area contributed by atoms with Crippen LogP contribution >= 0.6 is 0 Å². The number of aliphatic hydroxyl groups excluding tert-OH is 1. The molecule has 2 aliphatic rings. The Morgan fingerprint density at radius 3 is 2.72 bits per heavy atom. The Morgan fingerprint density at radius 2 is 2.03 bits per heavy atom. The molecule has 4 atom stereocenters. The number of aliphatic hydroxyl groups is 1. The van der Waals surface area contributed by atoms with Gasteiger partial charge < -0.3 is 15.7 Å². The van der Waals surface area contributed by atoms with E-state index in [9.17, 15) is 9.90 Å². The van der Waals surface area contributed by atoms with E-state index in [4.69, 9.17) is 0 Å². The predicted molar refractivity (Wildman–Crippen MR) is 115 cm³/mol. The van der Waals surface area contributed by atoms with Gasteiger partial charge in [0, 0.05) is 37.9 Å². The second kappa shape index (κ2) is 10.0. The molecule has 1 aromatic rings. The molecular weight excluding hydrogens is 364 g/mol. The van der Waals surface area contributed by atoms with E-state index in [0.717, 1.165) is 18.7 Å². The molecule has 1 aliphatic heterocycles. The molecule has 6 nitrogen and oxygen atoms in total. The highest BCUT2D eigenvalue weighted by Gasteiger charge is 2.40. The van der Waals surface area contributed by atoms with Gasteiger partial charge in [0.25, 0.3) is 0 Å². The van der Waals surface area contributed by atoms with Crippen molar-refractivity contribution < 1.29 is 9.90 Å². The van der Waals surface area contributed by atoms with Gasteiger partial charge in [-0.3, -0.25) is 14.7 Å². The zero-order valence-corrected chi connectivity index (χ0v) is 18.2. The van der Waals surface area contributed by atoms with Gasteiger partial charge in [0.2, 0.25) is 5.91 Å². The summed E-state index contributed by atoms with van der Waals surface area (Å²) in [5.41, 5.74) is 0.722. The van der Waals surface area contributed by atoms with Crippen molar-refractivity contribution in [2.45, 2.75) is 77.1 Å². The fraction of sp³-hybridized carbons (Fsp3) is 0.739. The highest BCUT2D eigenvalue weighted by Crippen LogP contribution is 2.38. The predicted octanol–water partition coefficient (Wildman–Crippen LogP) is 2.33. The fourth-order valence-electron chi connectivity index (χ4n) is 4.83. The first-order valence-corrected chi connectivity index (χ1v) is 11.2. The number of amides is 1. The molecule has 3 rings (SSSR count). The number of rotatable bonds is 7. The summed E-state index contributed by atoms with van der Waals surface area (Å²) in [5, 5.41) is 17.1. The van der Waals surface area contributed by atoms with Crippen molar-refractivity contribution in [3.05, 3.63) is 30.1 Å². The molecular formula is C23H38N4O2. The topological polar surface area (TPSA) is 77.5 Å². The highest BCUT2D eigenvalue weighted by atomic mass is 16.3. The number of fused-ring (bicyclic) bond motifs is 1. The molecule has 162 valence electrons. The summed E-state index contributed by atoms with van der Waals surface area (Å²) < 4.78 is 0. The molecule has 0 bridgehead atoms. The molecule has 1 aliphatic carbocycles. The summed E-state index contributed by atoms with van der Waals surface area (Å²) in [5.74, 6) is 1.42. The number of β-amino-alcohol motifs (C(OH)–C–C–N with tert-alkyl or cyclic N) is 1. The van der Waals surface area contributed by atoms with Crippen LogP contribution < -0.4 is 10.6 Å². The Labute approximate surface area is 175 Å². The lowest BCUT2D eigenvalue weighted by atomic mass is 9.72. The summed E-state index contributed by atoms with van der Waals surface area (Å²) in [7, 11) is 0. The van der Waals surface area contributed by atoms with Gasteiger partial charge in [-0.15, -0.1) is 0 Å². The van der Waals surface area contributed by atoms with E-state index < -0.39 is 6.10 Å². The van der Waals surface area contributed by atoms with Gasteiger partial charge in [-0.2, -0.15) is 0 Å². The molecule has 0 spiro atoms. The van der Waals surface area contributed by atoms with Crippen LogP contribution in [0, 0.1) is 11.8 Å². The van der Waals surface area contributed by atoms with Crippen molar-refractivity contribution in [1.82, 2.24) is 20.5 Å². The lowest BCUT2D eigenvalue weighted by Gasteiger charge is -2.46. The minimum Gasteiger partial charge on any atom is -0.390 e. The van der Waals surface area contributed by atoms with Crippen LogP contribution in [-0.2, 0) is 11.3 Å². The van der Waals surface area contributed by atoms with Gasteiger partial charge >= 0.3 is 0 Å². The molecule has 1 saturated carbocycles. The average Bonchev–Trinajstić information content (AvgIpc) is 2.67. The normalized spacial score (nSPS) is 26.6. The maximum absolute atomic E-state index is 13.0. The van der Waals surface area contributed by atoms with Crippen molar-refractivity contribution in [3.8, 4) is 0 Å². The van der Waals surface area contributed by atoms with Crippen LogP contribution in [0.15, 0.2) is 24.4 Å². The third-order valence-corrected chi connectivity index (χ3v) is 6.16. The first kappa shape index (κ1) is 22.2. The zero-order chi connectivity index (χ0) is 20.9. The maximum atomic E-state index is 13.0. The Balaban J connectivity index is 1.57. The van der Waals surface area contributed by atoms with Crippen LogP contribution in [-0.4, -0.2) is 58.2 Å². The van der Waals surface area contributed by atoms with E-state index >= 15 is 0 Å². The maximum Gasteiger partial charge on any atom is 0.237 e. The first-order chi connectivity index (χ1) is 13.8. The largest absolute Gasteiger partial charge is 0.390 e. The summed E-state index contributed by atoms with van der Waals surface area (Å²) >= 11 is 0. The van der Waals surface area contributed by atoms with Crippen molar-refractivity contribution in [1.29, 1.82) is 0 Å². The zero-order valence-electron chi connectivity index (χ0n) is 18.2. The van der Waals surface area contributed by atoms with Gasteiger partial charge in [0.05, 0.1) is 17.8 Å². The van der Waals surface area contributed by atoms with E-state index in [1.54, 1.807) is 6.20 Å². The molecule has 6 heteroatoms. The molecule has 1 amide bonds. The number of likely N-dealkylation sites (tertiary alicyclic amines) is 1. The van der Waals surface area contributed by atoms with E-state index in [1.807, 2.05) is 39.0 Å². The molecule has 29 heavy (non-hydrogen) atoms. The first-order valence-electron chi connectivity index (χ1n) is 11.2. The van der Waals surface area contributed by atoms with Crippen molar-refractivity contribution in [2.75, 3.05) is 19.6 Å². The van der Waals surface area contributed by atoms with Crippen LogP contribution in [0.1, 0.15) is 58.6 Å². The molecule has 0 unspecified atom stereocenters. The smallest absolute Gasteiger partial charge is 0.237 e. The number of hydrogen-bond donors (Lipinski definition) is 3. The number of nitrogens with one attached hydrogen (secondary N) is 2. The van der Waals surface area contributed by atoms with Gasteiger partial charge in [0.15, 0.2) is 0 Å². The molecule has 1 aromatic heterocycles. The third kappa shape index (κ3) is 6.76. The Bertz CT molecular complexity index is 646. The number of carbonyl (C=O) groups excluding carboxylic acids is 1. The Kier molecular flexibility index (Phi) is 7.66. The summed E-state index contributed by atoms with van der Waals surface area (Å²) in [4.78, 5) is 19.6. The lowest BCUT2D eigenvalue weighted by molar-refractivity contribution is -0.132. The molecule has 2 fully saturated rings. The van der Waals surface area contributed by atoms with Gasteiger partial charge in [-0.1, -0.05) is 25.3 Å². The molecule has 0 aromatic carbocycles. The fourth-order valence-corrected chi connectivity index (χ4v) is 4.83. The average molecular weight is 403 g/mol. The van der Waals surface area contributed by atoms with Crippen LogP contribution in [0.4, 0.5) is 0 Å². The molecule has 0 radical (unpaired) electrons.